The van der Waals surface area contributed by atoms with Crippen LogP contribution in [-0.2, 0) is 6.42 Å². The first-order chi connectivity index (χ1) is 5.25. The number of terminal acetylenes is 1. The van der Waals surface area contributed by atoms with Gasteiger partial charge in [-0.1, -0.05) is 18.2 Å². The quantitative estimate of drug-likeness (QED) is 0.531. The first kappa shape index (κ1) is 7.88. The van der Waals surface area contributed by atoms with E-state index in [1.54, 1.807) is 0 Å². The molecule has 11 heavy (non-hydrogen) atoms. The summed E-state index contributed by atoms with van der Waals surface area (Å²) in [6.07, 6.45) is 6.00. The van der Waals surface area contributed by atoms with E-state index in [4.69, 9.17) is 6.42 Å². The van der Waals surface area contributed by atoms with Crippen LogP contribution >= 0.6 is 0 Å². The number of aryl methyl sites for hydroxylation is 2. The Hall–Kier alpha value is -1.22. The summed E-state index contributed by atoms with van der Waals surface area (Å²) in [5.74, 6) is 2.67. The third-order valence-electron chi connectivity index (χ3n) is 1.92. The minimum atomic E-state index is 0.749. The third kappa shape index (κ3) is 1.62. The van der Waals surface area contributed by atoms with Crippen LogP contribution in [0.4, 0.5) is 0 Å². The van der Waals surface area contributed by atoms with Crippen molar-refractivity contribution in [2.45, 2.75) is 20.3 Å². The summed E-state index contributed by atoms with van der Waals surface area (Å²) in [6, 6.07) is 6.25. The van der Waals surface area contributed by atoms with Gasteiger partial charge in [-0.3, -0.25) is 0 Å². The van der Waals surface area contributed by atoms with Crippen molar-refractivity contribution in [2.75, 3.05) is 0 Å². The van der Waals surface area contributed by atoms with Crippen molar-refractivity contribution in [3.8, 4) is 12.3 Å². The molecule has 56 valence electrons. The van der Waals surface area contributed by atoms with Crippen LogP contribution in [0.15, 0.2) is 18.2 Å². The van der Waals surface area contributed by atoms with Crippen LogP contribution in [0.1, 0.15) is 16.7 Å². The molecule has 0 aliphatic heterocycles. The van der Waals surface area contributed by atoms with Crippen LogP contribution < -0.4 is 0 Å². The van der Waals surface area contributed by atoms with E-state index in [9.17, 15) is 0 Å². The fourth-order valence-electron chi connectivity index (χ4n) is 1.23. The van der Waals surface area contributed by atoms with Crippen molar-refractivity contribution < 1.29 is 0 Å². The Morgan fingerprint density at radius 3 is 2.27 bits per heavy atom. The Bertz CT molecular complexity index is 269. The fraction of sp³-hybridized carbons (Fsp3) is 0.273. The van der Waals surface area contributed by atoms with Crippen molar-refractivity contribution in [3.05, 3.63) is 34.9 Å². The molecular formula is C11H12. The summed E-state index contributed by atoms with van der Waals surface area (Å²) in [7, 11) is 0. The van der Waals surface area contributed by atoms with E-state index in [-0.39, 0.29) is 0 Å². The highest BCUT2D eigenvalue weighted by molar-refractivity contribution is 5.35. The highest BCUT2D eigenvalue weighted by Gasteiger charge is 1.98. The Morgan fingerprint density at radius 2 is 1.82 bits per heavy atom. The Balaban J connectivity index is 3.12. The normalized spacial score (nSPS) is 9.18. The first-order valence-corrected chi connectivity index (χ1v) is 3.74. The van der Waals surface area contributed by atoms with Gasteiger partial charge in [-0.25, -0.2) is 0 Å². The van der Waals surface area contributed by atoms with Crippen LogP contribution in [0.2, 0.25) is 0 Å². The van der Waals surface area contributed by atoms with Crippen molar-refractivity contribution in [1.29, 1.82) is 0 Å². The number of rotatable bonds is 1. The molecule has 0 nitrogen and oxygen atoms in total. The first-order valence-electron chi connectivity index (χ1n) is 3.74. The molecule has 0 atom stereocenters. The van der Waals surface area contributed by atoms with Crippen molar-refractivity contribution in [2.24, 2.45) is 0 Å². The maximum Gasteiger partial charge on any atom is 0.0342 e. The zero-order valence-electron chi connectivity index (χ0n) is 7.02. The molecule has 1 rings (SSSR count). The number of hydrogen-bond acceptors (Lipinski definition) is 0. The molecule has 0 amide bonds. The van der Waals surface area contributed by atoms with E-state index in [0.29, 0.717) is 0 Å². The van der Waals surface area contributed by atoms with Gasteiger partial charge in [0.25, 0.3) is 0 Å². The van der Waals surface area contributed by atoms with Crippen LogP contribution in [0.5, 0.6) is 0 Å². The van der Waals surface area contributed by atoms with Crippen molar-refractivity contribution >= 4 is 0 Å². The molecule has 0 N–H and O–H groups in total. The molecular weight excluding hydrogens is 132 g/mol. The second kappa shape index (κ2) is 3.25. The van der Waals surface area contributed by atoms with Gasteiger partial charge in [-0.05, 0) is 30.5 Å². The summed E-state index contributed by atoms with van der Waals surface area (Å²) in [5, 5.41) is 0. The standard InChI is InChI=1S/C11H12/c1-4-6-11-9(2)7-5-8-10(11)3/h1,5,7-8H,6H2,2-3H3. The lowest BCUT2D eigenvalue weighted by Crippen LogP contribution is -1.90. The van der Waals surface area contributed by atoms with Gasteiger partial charge in [0.1, 0.15) is 0 Å². The number of benzene rings is 1. The molecule has 0 saturated carbocycles. The molecule has 0 heterocycles. The second-order valence-electron chi connectivity index (χ2n) is 2.75. The predicted octanol–water partition coefficient (Wildman–Crippen LogP) is 2.48. The summed E-state index contributed by atoms with van der Waals surface area (Å²) < 4.78 is 0. The van der Waals surface area contributed by atoms with Crippen LogP contribution in [0.3, 0.4) is 0 Å². The third-order valence-corrected chi connectivity index (χ3v) is 1.92. The molecule has 0 unspecified atom stereocenters. The smallest absolute Gasteiger partial charge is 0.0342 e. The maximum atomic E-state index is 5.25. The molecule has 0 aromatic heterocycles. The summed E-state index contributed by atoms with van der Waals surface area (Å²) in [6.45, 7) is 4.19. The summed E-state index contributed by atoms with van der Waals surface area (Å²) >= 11 is 0. The van der Waals surface area contributed by atoms with Gasteiger partial charge in [0.15, 0.2) is 0 Å². The molecule has 0 bridgehead atoms. The molecule has 0 aliphatic rings. The SMILES string of the molecule is C#CCc1c(C)cccc1C. The van der Waals surface area contributed by atoms with Crippen molar-refractivity contribution in [1.82, 2.24) is 0 Å². The van der Waals surface area contributed by atoms with E-state index < -0.39 is 0 Å². The zero-order chi connectivity index (χ0) is 8.27. The van der Waals surface area contributed by atoms with E-state index in [1.807, 2.05) is 0 Å². The molecule has 0 radical (unpaired) electrons. The van der Waals surface area contributed by atoms with Crippen molar-refractivity contribution in [3.63, 3.8) is 0 Å². The Kier molecular flexibility index (Phi) is 2.33. The largest absolute Gasteiger partial charge is 0.120 e. The summed E-state index contributed by atoms with van der Waals surface area (Å²) in [5.41, 5.74) is 3.89. The Morgan fingerprint density at radius 1 is 1.27 bits per heavy atom. The molecule has 0 aliphatic carbocycles. The van der Waals surface area contributed by atoms with Crippen LogP contribution in [0.25, 0.3) is 0 Å². The Labute approximate surface area is 68.3 Å². The molecule has 1 aromatic rings. The van der Waals surface area contributed by atoms with Gasteiger partial charge in [0, 0.05) is 6.42 Å². The van der Waals surface area contributed by atoms with E-state index in [1.165, 1.54) is 16.7 Å². The molecule has 1 aromatic carbocycles. The summed E-state index contributed by atoms with van der Waals surface area (Å²) in [4.78, 5) is 0. The van der Waals surface area contributed by atoms with Crippen LogP contribution in [-0.4, -0.2) is 0 Å². The highest BCUT2D eigenvalue weighted by Crippen LogP contribution is 2.12. The average Bonchev–Trinajstić information content (AvgIpc) is 1.97. The van der Waals surface area contributed by atoms with Gasteiger partial charge in [-0.2, -0.15) is 0 Å². The molecule has 0 saturated heterocycles. The minimum Gasteiger partial charge on any atom is -0.120 e. The lowest BCUT2D eigenvalue weighted by Gasteiger charge is -2.04. The fourth-order valence-corrected chi connectivity index (χ4v) is 1.23. The van der Waals surface area contributed by atoms with Gasteiger partial charge < -0.3 is 0 Å². The van der Waals surface area contributed by atoms with E-state index in [0.717, 1.165) is 6.42 Å². The second-order valence-corrected chi connectivity index (χ2v) is 2.75. The minimum absolute atomic E-state index is 0.749. The predicted molar refractivity (Wildman–Crippen MR) is 48.5 cm³/mol. The monoisotopic (exact) mass is 144 g/mol. The highest BCUT2D eigenvalue weighted by atomic mass is 14.0. The van der Waals surface area contributed by atoms with Gasteiger partial charge in [-0.15, -0.1) is 12.3 Å². The lowest BCUT2D eigenvalue weighted by molar-refractivity contribution is 1.19. The van der Waals surface area contributed by atoms with Crippen LogP contribution in [0, 0.1) is 26.2 Å². The molecule has 0 heteroatoms. The number of hydrogen-bond donors (Lipinski definition) is 0. The van der Waals surface area contributed by atoms with Gasteiger partial charge in [0.2, 0.25) is 0 Å². The van der Waals surface area contributed by atoms with Gasteiger partial charge in [0.05, 0.1) is 0 Å². The van der Waals surface area contributed by atoms with E-state index >= 15 is 0 Å². The van der Waals surface area contributed by atoms with Gasteiger partial charge >= 0.3 is 0 Å². The zero-order valence-corrected chi connectivity index (χ0v) is 7.02. The lowest BCUT2D eigenvalue weighted by atomic mass is 10.0. The maximum absolute atomic E-state index is 5.25. The topological polar surface area (TPSA) is 0 Å². The average molecular weight is 144 g/mol. The molecule has 0 fully saturated rings. The van der Waals surface area contributed by atoms with E-state index in [2.05, 4.69) is 38.0 Å². The molecule has 0 spiro atoms.